The molecule has 2 rings (SSSR count). The number of halogens is 1. The second-order valence-electron chi connectivity index (χ2n) is 6.08. The third-order valence-corrected chi connectivity index (χ3v) is 4.19. The molecule has 4 heteroatoms. The van der Waals surface area contributed by atoms with Crippen molar-refractivity contribution in [3.63, 3.8) is 0 Å². The summed E-state index contributed by atoms with van der Waals surface area (Å²) in [5, 5.41) is 3.69. The van der Waals surface area contributed by atoms with Crippen LogP contribution in [0.5, 0.6) is 5.75 Å². The zero-order valence-corrected chi connectivity index (χ0v) is 15.5. The average Bonchev–Trinajstić information content (AvgIpc) is 2.61. The second-order valence-corrected chi connectivity index (χ2v) is 6.51. The van der Waals surface area contributed by atoms with Gasteiger partial charge >= 0.3 is 0 Å². The van der Waals surface area contributed by atoms with Crippen molar-refractivity contribution in [3.8, 4) is 5.75 Å². The molecule has 2 aromatic carbocycles. The van der Waals surface area contributed by atoms with Crippen LogP contribution in [0, 0.1) is 0 Å². The first-order valence-electron chi connectivity index (χ1n) is 8.90. The molecule has 0 aromatic heterocycles. The number of carbonyl (C=O) groups excluding carboxylic acids is 1. The molecule has 0 spiro atoms. The Hall–Kier alpha value is -2.00. The molecular formula is C21H26ClNO2. The summed E-state index contributed by atoms with van der Waals surface area (Å²) in [4.78, 5) is 12.0. The van der Waals surface area contributed by atoms with Gasteiger partial charge in [-0.3, -0.25) is 4.79 Å². The van der Waals surface area contributed by atoms with E-state index in [0.29, 0.717) is 13.0 Å². The Bertz CT molecular complexity index is 655. The minimum Gasteiger partial charge on any atom is -0.494 e. The minimum absolute atomic E-state index is 0.0744. The van der Waals surface area contributed by atoms with Gasteiger partial charge in [0.25, 0.3) is 0 Å². The van der Waals surface area contributed by atoms with Crippen LogP contribution in [0.3, 0.4) is 0 Å². The van der Waals surface area contributed by atoms with E-state index in [9.17, 15) is 4.79 Å². The van der Waals surface area contributed by atoms with Gasteiger partial charge in [0.1, 0.15) is 5.75 Å². The summed E-state index contributed by atoms with van der Waals surface area (Å²) < 4.78 is 5.64. The maximum absolute atomic E-state index is 12.0. The van der Waals surface area contributed by atoms with E-state index in [1.807, 2.05) is 48.5 Å². The van der Waals surface area contributed by atoms with Crippen molar-refractivity contribution >= 4 is 17.5 Å². The molecule has 0 aliphatic rings. The molecule has 134 valence electrons. The summed E-state index contributed by atoms with van der Waals surface area (Å²) in [6, 6.07) is 15.7. The number of hydrogen-bond acceptors (Lipinski definition) is 2. The van der Waals surface area contributed by atoms with Crippen LogP contribution in [0.15, 0.2) is 48.5 Å². The van der Waals surface area contributed by atoms with E-state index in [1.165, 1.54) is 0 Å². The van der Waals surface area contributed by atoms with Gasteiger partial charge in [-0.1, -0.05) is 49.2 Å². The van der Waals surface area contributed by atoms with Crippen LogP contribution >= 0.6 is 11.6 Å². The molecule has 0 fully saturated rings. The Morgan fingerprint density at radius 1 is 1.08 bits per heavy atom. The summed E-state index contributed by atoms with van der Waals surface area (Å²) in [6.07, 6.45) is 4.21. The molecule has 2 aromatic rings. The van der Waals surface area contributed by atoms with Crippen LogP contribution in [-0.4, -0.2) is 19.1 Å². The van der Waals surface area contributed by atoms with E-state index in [0.717, 1.165) is 54.2 Å². The van der Waals surface area contributed by atoms with Gasteiger partial charge in [0.05, 0.1) is 6.61 Å². The maximum atomic E-state index is 12.0. The molecule has 0 saturated carbocycles. The van der Waals surface area contributed by atoms with E-state index in [2.05, 4.69) is 12.2 Å². The lowest BCUT2D eigenvalue weighted by Gasteiger charge is -2.08. The predicted octanol–water partition coefficient (Wildman–Crippen LogP) is 4.81. The van der Waals surface area contributed by atoms with Crippen LogP contribution in [0.4, 0.5) is 0 Å². The van der Waals surface area contributed by atoms with Gasteiger partial charge < -0.3 is 10.1 Å². The van der Waals surface area contributed by atoms with Gasteiger partial charge in [-0.25, -0.2) is 0 Å². The summed E-state index contributed by atoms with van der Waals surface area (Å²) in [7, 11) is 0. The maximum Gasteiger partial charge on any atom is 0.220 e. The number of rotatable bonds is 10. The molecule has 1 N–H and O–H groups in total. The van der Waals surface area contributed by atoms with E-state index in [4.69, 9.17) is 16.3 Å². The second kappa shape index (κ2) is 10.8. The highest BCUT2D eigenvalue weighted by Gasteiger charge is 2.03. The number of aryl methyl sites for hydroxylation is 1. The number of ether oxygens (including phenoxy) is 1. The highest BCUT2D eigenvalue weighted by Crippen LogP contribution is 2.14. The van der Waals surface area contributed by atoms with E-state index >= 15 is 0 Å². The fourth-order valence-corrected chi connectivity index (χ4v) is 2.68. The van der Waals surface area contributed by atoms with Crippen molar-refractivity contribution in [2.75, 3.05) is 13.2 Å². The van der Waals surface area contributed by atoms with Gasteiger partial charge in [-0.15, -0.1) is 0 Å². The summed E-state index contributed by atoms with van der Waals surface area (Å²) >= 11 is 5.95. The van der Waals surface area contributed by atoms with Crippen molar-refractivity contribution in [2.45, 2.75) is 39.0 Å². The molecule has 0 atom stereocenters. The van der Waals surface area contributed by atoms with E-state index in [1.54, 1.807) is 0 Å². The number of carbonyl (C=O) groups is 1. The van der Waals surface area contributed by atoms with Gasteiger partial charge in [-0.2, -0.15) is 0 Å². The zero-order chi connectivity index (χ0) is 17.9. The normalized spacial score (nSPS) is 10.5. The standard InChI is InChI=1S/C21H26ClNO2/c1-2-3-15-25-20-10-7-17(8-11-20)9-12-21(24)23-14-13-18-5-4-6-19(22)16-18/h4-8,10-11,16H,2-3,9,12-15H2,1H3,(H,23,24). The van der Waals surface area contributed by atoms with Crippen molar-refractivity contribution in [2.24, 2.45) is 0 Å². The fourth-order valence-electron chi connectivity index (χ4n) is 2.47. The van der Waals surface area contributed by atoms with Gasteiger partial charge in [0.15, 0.2) is 0 Å². The first kappa shape index (κ1) is 19.3. The Balaban J connectivity index is 1.65. The van der Waals surface area contributed by atoms with Crippen LogP contribution in [0.1, 0.15) is 37.3 Å². The smallest absolute Gasteiger partial charge is 0.220 e. The largest absolute Gasteiger partial charge is 0.494 e. The van der Waals surface area contributed by atoms with E-state index < -0.39 is 0 Å². The van der Waals surface area contributed by atoms with Crippen molar-refractivity contribution in [1.29, 1.82) is 0 Å². The average molecular weight is 360 g/mol. The first-order valence-corrected chi connectivity index (χ1v) is 9.28. The SMILES string of the molecule is CCCCOc1ccc(CCC(=O)NCCc2cccc(Cl)c2)cc1. The molecule has 0 saturated heterocycles. The Morgan fingerprint density at radius 2 is 1.88 bits per heavy atom. The number of benzene rings is 2. The molecular weight excluding hydrogens is 334 g/mol. The molecule has 3 nitrogen and oxygen atoms in total. The predicted molar refractivity (Wildman–Crippen MR) is 103 cm³/mol. The number of nitrogens with one attached hydrogen (secondary N) is 1. The van der Waals surface area contributed by atoms with Crippen LogP contribution in [-0.2, 0) is 17.6 Å². The Kier molecular flexibility index (Phi) is 8.33. The lowest BCUT2D eigenvalue weighted by Crippen LogP contribution is -2.25. The quantitative estimate of drug-likeness (QED) is 0.618. The van der Waals surface area contributed by atoms with Crippen LogP contribution in [0.2, 0.25) is 5.02 Å². The van der Waals surface area contributed by atoms with Crippen molar-refractivity contribution in [3.05, 3.63) is 64.7 Å². The Morgan fingerprint density at radius 3 is 2.60 bits per heavy atom. The lowest BCUT2D eigenvalue weighted by molar-refractivity contribution is -0.121. The topological polar surface area (TPSA) is 38.3 Å². The summed E-state index contributed by atoms with van der Waals surface area (Å²) in [5.41, 5.74) is 2.28. The van der Waals surface area contributed by atoms with Crippen molar-refractivity contribution in [1.82, 2.24) is 5.32 Å². The fraction of sp³-hybridized carbons (Fsp3) is 0.381. The van der Waals surface area contributed by atoms with Crippen LogP contribution < -0.4 is 10.1 Å². The molecule has 25 heavy (non-hydrogen) atoms. The molecule has 0 radical (unpaired) electrons. The summed E-state index contributed by atoms with van der Waals surface area (Å²) in [5.74, 6) is 0.966. The number of hydrogen-bond donors (Lipinski definition) is 1. The first-order chi connectivity index (χ1) is 12.2. The number of amides is 1. The number of unbranched alkanes of at least 4 members (excludes halogenated alkanes) is 1. The lowest BCUT2D eigenvalue weighted by atomic mass is 10.1. The molecule has 0 unspecified atom stereocenters. The molecule has 0 bridgehead atoms. The van der Waals surface area contributed by atoms with Crippen molar-refractivity contribution < 1.29 is 9.53 Å². The minimum atomic E-state index is 0.0744. The molecule has 0 aliphatic carbocycles. The highest BCUT2D eigenvalue weighted by atomic mass is 35.5. The molecule has 0 heterocycles. The summed E-state index contributed by atoms with van der Waals surface area (Å²) in [6.45, 7) is 3.53. The van der Waals surface area contributed by atoms with Crippen LogP contribution in [0.25, 0.3) is 0 Å². The zero-order valence-electron chi connectivity index (χ0n) is 14.8. The third kappa shape index (κ3) is 7.61. The Labute approximate surface area is 155 Å². The van der Waals surface area contributed by atoms with Gasteiger partial charge in [0.2, 0.25) is 5.91 Å². The highest BCUT2D eigenvalue weighted by molar-refractivity contribution is 6.30. The molecule has 1 amide bonds. The van der Waals surface area contributed by atoms with Gasteiger partial charge in [-0.05, 0) is 54.7 Å². The monoisotopic (exact) mass is 359 g/mol. The third-order valence-electron chi connectivity index (χ3n) is 3.96. The van der Waals surface area contributed by atoms with Gasteiger partial charge in [0, 0.05) is 18.0 Å². The molecule has 0 aliphatic heterocycles. The van der Waals surface area contributed by atoms with E-state index in [-0.39, 0.29) is 5.91 Å².